The summed E-state index contributed by atoms with van der Waals surface area (Å²) in [6.45, 7) is 4.21. The highest BCUT2D eigenvalue weighted by molar-refractivity contribution is 7.09. The van der Waals surface area contributed by atoms with E-state index in [1.54, 1.807) is 16.2 Å². The minimum absolute atomic E-state index is 0.0486. The fourth-order valence-electron chi connectivity index (χ4n) is 4.20. The third-order valence-electron chi connectivity index (χ3n) is 6.29. The van der Waals surface area contributed by atoms with E-state index in [-0.39, 0.29) is 28.7 Å². The van der Waals surface area contributed by atoms with Gasteiger partial charge >= 0.3 is 0 Å². The molecule has 0 bridgehead atoms. The lowest BCUT2D eigenvalue weighted by Gasteiger charge is -2.31. The molecule has 0 spiro atoms. The Morgan fingerprint density at radius 3 is 2.47 bits per heavy atom. The van der Waals surface area contributed by atoms with Gasteiger partial charge < -0.3 is 14.5 Å². The molecule has 1 aliphatic rings. The van der Waals surface area contributed by atoms with Crippen molar-refractivity contribution in [2.45, 2.75) is 13.1 Å². The highest BCUT2D eigenvalue weighted by atomic mass is 35.5. The molecule has 1 aromatic heterocycles. The van der Waals surface area contributed by atoms with E-state index in [0.29, 0.717) is 39.4 Å². The minimum Gasteiger partial charge on any atom is -0.379 e. The number of carbonyl (C=O) groups is 2. The summed E-state index contributed by atoms with van der Waals surface area (Å²) in [4.78, 5) is 44.5. The molecule has 2 aromatic carbocycles. The number of morpholine rings is 1. The van der Waals surface area contributed by atoms with Crippen LogP contribution in [-0.2, 0) is 22.6 Å². The van der Waals surface area contributed by atoms with Gasteiger partial charge in [0.15, 0.2) is 0 Å². The summed E-state index contributed by atoms with van der Waals surface area (Å²) in [5.74, 6) is -0.664. The van der Waals surface area contributed by atoms with Crippen LogP contribution in [0.5, 0.6) is 0 Å². The molecule has 0 atom stereocenters. The lowest BCUT2D eigenvalue weighted by atomic mass is 10.1. The van der Waals surface area contributed by atoms with Crippen LogP contribution in [0.1, 0.15) is 20.8 Å². The van der Waals surface area contributed by atoms with E-state index in [1.165, 1.54) is 23.1 Å². The number of nitro groups is 1. The Hall–Kier alpha value is -3.31. The first-order valence-corrected chi connectivity index (χ1v) is 13.5. The number of nitrogens with zero attached hydrogens (tertiary/aromatic N) is 4. The van der Waals surface area contributed by atoms with Crippen molar-refractivity contribution < 1.29 is 19.2 Å². The Labute approximate surface area is 230 Å². The molecule has 3 aromatic rings. The van der Waals surface area contributed by atoms with Gasteiger partial charge in [-0.25, -0.2) is 0 Å². The number of rotatable bonds is 11. The van der Waals surface area contributed by atoms with Crippen LogP contribution in [0.3, 0.4) is 0 Å². The summed E-state index contributed by atoms with van der Waals surface area (Å²) in [5, 5.41) is 13.3. The van der Waals surface area contributed by atoms with Crippen LogP contribution in [0.25, 0.3) is 0 Å². The molecular formula is C27H29ClN4O5S. The number of nitro benzene ring substituents is 1. The largest absolute Gasteiger partial charge is 0.379 e. The predicted molar refractivity (Wildman–Crippen MR) is 146 cm³/mol. The molecule has 200 valence electrons. The first kappa shape index (κ1) is 27.7. The summed E-state index contributed by atoms with van der Waals surface area (Å²) in [5.41, 5.74) is 0.751. The molecule has 0 N–H and O–H groups in total. The van der Waals surface area contributed by atoms with Crippen molar-refractivity contribution in [1.82, 2.24) is 14.7 Å². The number of thiophene rings is 1. The monoisotopic (exact) mass is 556 g/mol. The summed E-state index contributed by atoms with van der Waals surface area (Å²) >= 11 is 7.53. The standard InChI is InChI=1S/C27H29ClN4O5S/c28-24-9-8-22(17-25(24)32(35)36)27(34)30(11-10-29-12-14-37-15-13-29)20-26(33)31(19-23-7-4-16-38-23)18-21-5-2-1-3-6-21/h1-9,16-17H,10-15,18-20H2. The van der Waals surface area contributed by atoms with E-state index in [1.807, 2.05) is 47.8 Å². The van der Waals surface area contributed by atoms with E-state index < -0.39 is 10.8 Å². The first-order chi connectivity index (χ1) is 18.4. The Kier molecular flexibility index (Phi) is 9.83. The van der Waals surface area contributed by atoms with Crippen LogP contribution >= 0.6 is 22.9 Å². The molecule has 0 radical (unpaired) electrons. The van der Waals surface area contributed by atoms with Crippen molar-refractivity contribution in [3.63, 3.8) is 0 Å². The molecule has 2 amide bonds. The van der Waals surface area contributed by atoms with E-state index in [0.717, 1.165) is 23.5 Å². The smallest absolute Gasteiger partial charge is 0.288 e. The average Bonchev–Trinajstić information content (AvgIpc) is 3.44. The van der Waals surface area contributed by atoms with Crippen LogP contribution in [0, 0.1) is 10.1 Å². The Balaban J connectivity index is 1.56. The SMILES string of the molecule is O=C(CN(CCN1CCOCC1)C(=O)c1ccc(Cl)c([N+](=O)[O-])c1)N(Cc1ccccc1)Cc1cccs1. The third-order valence-corrected chi connectivity index (χ3v) is 7.47. The zero-order valence-electron chi connectivity index (χ0n) is 20.8. The second-order valence-corrected chi connectivity index (χ2v) is 10.4. The normalized spacial score (nSPS) is 13.7. The van der Waals surface area contributed by atoms with Gasteiger partial charge in [-0.05, 0) is 29.1 Å². The van der Waals surface area contributed by atoms with Crippen LogP contribution in [-0.4, -0.2) is 77.4 Å². The van der Waals surface area contributed by atoms with Gasteiger partial charge in [0.2, 0.25) is 5.91 Å². The van der Waals surface area contributed by atoms with E-state index in [4.69, 9.17) is 16.3 Å². The van der Waals surface area contributed by atoms with Gasteiger partial charge in [0.05, 0.1) is 24.7 Å². The molecular weight excluding hydrogens is 528 g/mol. The fraction of sp³-hybridized carbons (Fsp3) is 0.333. The topological polar surface area (TPSA) is 96.2 Å². The number of carbonyl (C=O) groups excluding carboxylic acids is 2. The minimum atomic E-state index is -0.620. The molecule has 2 heterocycles. The maximum Gasteiger partial charge on any atom is 0.288 e. The quantitative estimate of drug-likeness (QED) is 0.258. The van der Waals surface area contributed by atoms with E-state index >= 15 is 0 Å². The van der Waals surface area contributed by atoms with E-state index in [9.17, 15) is 19.7 Å². The molecule has 4 rings (SSSR count). The van der Waals surface area contributed by atoms with Gasteiger partial charge in [0.1, 0.15) is 11.6 Å². The van der Waals surface area contributed by atoms with Gasteiger partial charge in [-0.3, -0.25) is 24.6 Å². The van der Waals surface area contributed by atoms with Crippen LogP contribution in [0.15, 0.2) is 66.0 Å². The molecule has 9 nitrogen and oxygen atoms in total. The lowest BCUT2D eigenvalue weighted by molar-refractivity contribution is -0.384. The first-order valence-electron chi connectivity index (χ1n) is 12.3. The Morgan fingerprint density at radius 2 is 1.79 bits per heavy atom. The van der Waals surface area contributed by atoms with Crippen LogP contribution in [0.2, 0.25) is 5.02 Å². The maximum atomic E-state index is 13.7. The Bertz CT molecular complexity index is 1240. The number of halogens is 1. The van der Waals surface area contributed by atoms with Crippen LogP contribution < -0.4 is 0 Å². The maximum absolute atomic E-state index is 13.7. The van der Waals surface area contributed by atoms with Gasteiger partial charge in [0.25, 0.3) is 11.6 Å². The number of ether oxygens (including phenoxy) is 1. The van der Waals surface area contributed by atoms with E-state index in [2.05, 4.69) is 4.90 Å². The molecule has 0 aliphatic carbocycles. The molecule has 11 heteroatoms. The third kappa shape index (κ3) is 7.61. The summed E-state index contributed by atoms with van der Waals surface area (Å²) in [6, 6.07) is 17.6. The molecule has 0 saturated carbocycles. The number of amides is 2. The van der Waals surface area contributed by atoms with Crippen molar-refractivity contribution in [3.8, 4) is 0 Å². The van der Waals surface area contributed by atoms with Gasteiger partial charge in [-0.2, -0.15) is 0 Å². The second kappa shape index (κ2) is 13.5. The molecule has 38 heavy (non-hydrogen) atoms. The summed E-state index contributed by atoms with van der Waals surface area (Å²) < 4.78 is 5.41. The molecule has 1 aliphatic heterocycles. The van der Waals surface area contributed by atoms with Crippen molar-refractivity contribution in [3.05, 3.63) is 97.2 Å². The number of hydrogen-bond acceptors (Lipinski definition) is 7. The Morgan fingerprint density at radius 1 is 1.03 bits per heavy atom. The predicted octanol–water partition coefficient (Wildman–Crippen LogP) is 4.31. The van der Waals surface area contributed by atoms with Gasteiger partial charge in [-0.15, -0.1) is 11.3 Å². The number of benzene rings is 2. The molecule has 0 unspecified atom stereocenters. The summed E-state index contributed by atoms with van der Waals surface area (Å²) in [6.07, 6.45) is 0. The van der Waals surface area contributed by atoms with Gasteiger partial charge in [0, 0.05) is 49.2 Å². The molecule has 1 saturated heterocycles. The van der Waals surface area contributed by atoms with Gasteiger partial charge in [-0.1, -0.05) is 48.0 Å². The fourth-order valence-corrected chi connectivity index (χ4v) is 5.10. The summed E-state index contributed by atoms with van der Waals surface area (Å²) in [7, 11) is 0. The highest BCUT2D eigenvalue weighted by Gasteiger charge is 2.26. The zero-order valence-corrected chi connectivity index (χ0v) is 22.4. The number of hydrogen-bond donors (Lipinski definition) is 0. The van der Waals surface area contributed by atoms with Crippen molar-refractivity contribution in [1.29, 1.82) is 0 Å². The van der Waals surface area contributed by atoms with Crippen molar-refractivity contribution >= 4 is 40.4 Å². The second-order valence-electron chi connectivity index (χ2n) is 8.92. The molecule has 1 fully saturated rings. The van der Waals surface area contributed by atoms with Crippen molar-refractivity contribution in [2.24, 2.45) is 0 Å². The van der Waals surface area contributed by atoms with Crippen LogP contribution in [0.4, 0.5) is 5.69 Å². The zero-order chi connectivity index (χ0) is 26.9. The lowest BCUT2D eigenvalue weighted by Crippen LogP contribution is -2.47. The average molecular weight is 557 g/mol. The van der Waals surface area contributed by atoms with Crippen molar-refractivity contribution in [2.75, 3.05) is 45.9 Å². The highest BCUT2D eigenvalue weighted by Crippen LogP contribution is 2.26.